The largest absolute Gasteiger partial charge is 0.434 e. The molecule has 0 aliphatic carbocycles. The SMILES string of the molecule is O=C1OC(C(F)(F)F)CN1CCO. The van der Waals surface area contributed by atoms with Gasteiger partial charge in [-0.2, -0.15) is 13.2 Å². The van der Waals surface area contributed by atoms with E-state index in [0.29, 0.717) is 0 Å². The second-order valence-electron chi connectivity index (χ2n) is 2.58. The molecule has 1 rings (SSSR count). The third kappa shape index (κ3) is 2.24. The van der Waals surface area contributed by atoms with Crippen molar-refractivity contribution < 1.29 is 27.8 Å². The number of hydrogen-bond donors (Lipinski definition) is 1. The normalized spacial score (nSPS) is 23.5. The van der Waals surface area contributed by atoms with Gasteiger partial charge in [0, 0.05) is 6.54 Å². The van der Waals surface area contributed by atoms with Crippen molar-refractivity contribution in [3.05, 3.63) is 0 Å². The number of hydrogen-bond acceptors (Lipinski definition) is 3. The van der Waals surface area contributed by atoms with Gasteiger partial charge in [-0.15, -0.1) is 0 Å². The van der Waals surface area contributed by atoms with E-state index in [-0.39, 0.29) is 13.2 Å². The van der Waals surface area contributed by atoms with Gasteiger partial charge in [0.25, 0.3) is 0 Å². The number of cyclic esters (lactones) is 1. The fourth-order valence-electron chi connectivity index (χ4n) is 0.982. The molecular weight excluding hydrogens is 191 g/mol. The van der Waals surface area contributed by atoms with E-state index >= 15 is 0 Å². The minimum Gasteiger partial charge on any atom is -0.434 e. The highest BCUT2D eigenvalue weighted by atomic mass is 19.4. The summed E-state index contributed by atoms with van der Waals surface area (Å²) in [5.41, 5.74) is 0. The number of β-amino-alcohol motifs (C(OH)–C–C–N with tert-alkyl or cyclic N) is 1. The van der Waals surface area contributed by atoms with Crippen LogP contribution in [0.4, 0.5) is 18.0 Å². The highest BCUT2D eigenvalue weighted by molar-refractivity contribution is 5.70. The molecule has 4 nitrogen and oxygen atoms in total. The Balaban J connectivity index is 2.55. The van der Waals surface area contributed by atoms with Crippen molar-refractivity contribution in [2.75, 3.05) is 19.7 Å². The van der Waals surface area contributed by atoms with Gasteiger partial charge in [-0.05, 0) is 0 Å². The topological polar surface area (TPSA) is 49.8 Å². The highest BCUT2D eigenvalue weighted by Gasteiger charge is 2.48. The Bertz CT molecular complexity index is 206. The molecule has 1 fully saturated rings. The van der Waals surface area contributed by atoms with Crippen LogP contribution in [0.15, 0.2) is 0 Å². The zero-order valence-corrected chi connectivity index (χ0v) is 6.54. The van der Waals surface area contributed by atoms with Crippen LogP contribution >= 0.6 is 0 Å². The van der Waals surface area contributed by atoms with Gasteiger partial charge in [0.1, 0.15) is 0 Å². The highest BCUT2D eigenvalue weighted by Crippen LogP contribution is 2.27. The number of rotatable bonds is 2. The molecule has 0 aromatic heterocycles. The van der Waals surface area contributed by atoms with Crippen LogP contribution in [-0.4, -0.2) is 48.1 Å². The number of amides is 1. The summed E-state index contributed by atoms with van der Waals surface area (Å²) in [4.78, 5) is 11.5. The third-order valence-corrected chi connectivity index (χ3v) is 1.62. The van der Waals surface area contributed by atoms with Crippen molar-refractivity contribution in [3.8, 4) is 0 Å². The van der Waals surface area contributed by atoms with Crippen LogP contribution in [0.25, 0.3) is 0 Å². The van der Waals surface area contributed by atoms with Gasteiger partial charge in [0.15, 0.2) is 0 Å². The number of aliphatic hydroxyl groups excluding tert-OH is 1. The molecule has 7 heteroatoms. The number of ether oxygens (including phenoxy) is 1. The maximum Gasteiger partial charge on any atom is 0.427 e. The number of halogens is 3. The second kappa shape index (κ2) is 3.41. The van der Waals surface area contributed by atoms with E-state index in [1.54, 1.807) is 0 Å². The van der Waals surface area contributed by atoms with Crippen molar-refractivity contribution in [1.82, 2.24) is 4.90 Å². The van der Waals surface area contributed by atoms with Gasteiger partial charge in [-0.25, -0.2) is 4.79 Å². The number of alkyl halides is 3. The summed E-state index contributed by atoms with van der Waals surface area (Å²) in [5.74, 6) is 0. The first-order valence-corrected chi connectivity index (χ1v) is 3.58. The molecule has 1 aliphatic rings. The van der Waals surface area contributed by atoms with Gasteiger partial charge < -0.3 is 14.7 Å². The minimum atomic E-state index is -4.53. The summed E-state index contributed by atoms with van der Waals surface area (Å²) in [6.07, 6.45) is -7.62. The van der Waals surface area contributed by atoms with Crippen LogP contribution in [0.3, 0.4) is 0 Å². The molecule has 1 saturated heterocycles. The molecule has 13 heavy (non-hydrogen) atoms. The molecule has 0 saturated carbocycles. The molecule has 76 valence electrons. The lowest BCUT2D eigenvalue weighted by Crippen LogP contribution is -2.34. The van der Waals surface area contributed by atoms with Crippen molar-refractivity contribution in [2.45, 2.75) is 12.3 Å². The molecule has 1 unspecified atom stereocenters. The third-order valence-electron chi connectivity index (χ3n) is 1.62. The van der Waals surface area contributed by atoms with Crippen LogP contribution in [0.2, 0.25) is 0 Å². The van der Waals surface area contributed by atoms with Crippen LogP contribution in [0, 0.1) is 0 Å². The van der Waals surface area contributed by atoms with Gasteiger partial charge in [-0.1, -0.05) is 0 Å². The summed E-state index contributed by atoms with van der Waals surface area (Å²) in [6.45, 7) is -1.05. The van der Waals surface area contributed by atoms with Crippen molar-refractivity contribution >= 4 is 6.09 Å². The van der Waals surface area contributed by atoms with E-state index in [2.05, 4.69) is 4.74 Å². The molecule has 1 aliphatic heterocycles. The zero-order valence-electron chi connectivity index (χ0n) is 6.54. The first-order chi connectivity index (χ1) is 5.95. The van der Waals surface area contributed by atoms with E-state index in [0.717, 1.165) is 4.90 Å². The Morgan fingerprint density at radius 3 is 2.62 bits per heavy atom. The van der Waals surface area contributed by atoms with E-state index in [4.69, 9.17) is 5.11 Å². The summed E-state index contributed by atoms with van der Waals surface area (Å²) in [5, 5.41) is 8.40. The molecule has 0 radical (unpaired) electrons. The molecule has 0 spiro atoms. The summed E-state index contributed by atoms with van der Waals surface area (Å²) >= 11 is 0. The fourth-order valence-corrected chi connectivity index (χ4v) is 0.982. The Hall–Kier alpha value is -0.980. The van der Waals surface area contributed by atoms with Gasteiger partial charge >= 0.3 is 12.3 Å². The first-order valence-electron chi connectivity index (χ1n) is 3.58. The monoisotopic (exact) mass is 199 g/mol. The lowest BCUT2D eigenvalue weighted by molar-refractivity contribution is -0.192. The van der Waals surface area contributed by atoms with E-state index < -0.39 is 24.9 Å². The zero-order chi connectivity index (χ0) is 10.1. The Morgan fingerprint density at radius 1 is 1.62 bits per heavy atom. The molecular formula is C6H8F3NO3. The molecule has 1 atom stereocenters. The molecule has 0 aromatic rings. The van der Waals surface area contributed by atoms with Gasteiger partial charge in [-0.3, -0.25) is 0 Å². The van der Waals surface area contributed by atoms with Crippen LogP contribution < -0.4 is 0 Å². The molecule has 1 N–H and O–H groups in total. The number of carbonyl (C=O) groups excluding carboxylic acids is 1. The Morgan fingerprint density at radius 2 is 2.23 bits per heavy atom. The number of nitrogens with zero attached hydrogens (tertiary/aromatic N) is 1. The Labute approximate surface area is 71.9 Å². The van der Waals surface area contributed by atoms with Crippen LogP contribution in [0.5, 0.6) is 0 Å². The predicted molar refractivity (Wildman–Crippen MR) is 35.0 cm³/mol. The molecule has 1 heterocycles. The first kappa shape index (κ1) is 10.1. The van der Waals surface area contributed by atoms with Crippen LogP contribution in [-0.2, 0) is 4.74 Å². The van der Waals surface area contributed by atoms with Crippen LogP contribution in [0.1, 0.15) is 0 Å². The average molecular weight is 199 g/mol. The fraction of sp³-hybridized carbons (Fsp3) is 0.833. The smallest absolute Gasteiger partial charge is 0.427 e. The molecule has 0 aromatic carbocycles. The predicted octanol–water partition coefficient (Wildman–Crippen LogP) is 0.362. The average Bonchev–Trinajstić information content (AvgIpc) is 2.32. The lowest BCUT2D eigenvalue weighted by Gasteiger charge is -2.12. The molecule has 1 amide bonds. The van der Waals surface area contributed by atoms with E-state index in [1.165, 1.54) is 0 Å². The Kier molecular flexibility index (Phi) is 2.65. The van der Waals surface area contributed by atoms with Crippen molar-refractivity contribution in [1.29, 1.82) is 0 Å². The van der Waals surface area contributed by atoms with Gasteiger partial charge in [0.2, 0.25) is 6.10 Å². The summed E-state index contributed by atoms with van der Waals surface area (Å²) < 4.78 is 40.0. The van der Waals surface area contributed by atoms with Gasteiger partial charge in [0.05, 0.1) is 13.2 Å². The van der Waals surface area contributed by atoms with E-state index in [9.17, 15) is 18.0 Å². The van der Waals surface area contributed by atoms with E-state index in [1.807, 2.05) is 0 Å². The number of aliphatic hydroxyl groups is 1. The quantitative estimate of drug-likeness (QED) is 0.698. The van der Waals surface area contributed by atoms with Crippen molar-refractivity contribution in [2.24, 2.45) is 0 Å². The maximum atomic E-state index is 12.0. The number of carbonyl (C=O) groups is 1. The summed E-state index contributed by atoms with van der Waals surface area (Å²) in [6, 6.07) is 0. The minimum absolute atomic E-state index is 0.134. The second-order valence-corrected chi connectivity index (χ2v) is 2.58. The lowest BCUT2D eigenvalue weighted by atomic mass is 10.3. The maximum absolute atomic E-state index is 12.0. The summed E-state index contributed by atoms with van der Waals surface area (Å²) in [7, 11) is 0. The van der Waals surface area contributed by atoms with Crippen molar-refractivity contribution in [3.63, 3.8) is 0 Å². The molecule has 0 bridgehead atoms. The standard InChI is InChI=1S/C6H8F3NO3/c7-6(8,9)4-3-10(1-2-11)5(12)13-4/h4,11H,1-3H2.